The van der Waals surface area contributed by atoms with Gasteiger partial charge in [0, 0.05) is 12.2 Å². The molecule has 20 heavy (non-hydrogen) atoms. The number of thiocarbonyl (C=S) groups is 1. The van der Waals surface area contributed by atoms with Crippen LogP contribution in [0.3, 0.4) is 0 Å². The first-order chi connectivity index (χ1) is 9.66. The lowest BCUT2D eigenvalue weighted by Crippen LogP contribution is -2.32. The monoisotopic (exact) mass is 286 g/mol. The van der Waals surface area contributed by atoms with Gasteiger partial charge in [-0.1, -0.05) is 48.5 Å². The van der Waals surface area contributed by atoms with Crippen LogP contribution in [0.2, 0.25) is 0 Å². The molecule has 0 aliphatic rings. The van der Waals surface area contributed by atoms with Crippen molar-refractivity contribution < 1.29 is 5.11 Å². The minimum Gasteiger partial charge on any atom is -0.387 e. The molecule has 0 amide bonds. The van der Waals surface area contributed by atoms with E-state index in [4.69, 9.17) is 12.2 Å². The lowest BCUT2D eigenvalue weighted by molar-refractivity contribution is 0.181. The second-order valence-electron chi connectivity index (χ2n) is 4.58. The van der Waals surface area contributed by atoms with Crippen molar-refractivity contribution in [3.63, 3.8) is 0 Å². The van der Waals surface area contributed by atoms with Crippen molar-refractivity contribution in [2.45, 2.75) is 13.0 Å². The maximum absolute atomic E-state index is 10.0. The van der Waals surface area contributed by atoms with E-state index in [2.05, 4.69) is 10.6 Å². The topological polar surface area (TPSA) is 44.3 Å². The van der Waals surface area contributed by atoms with Gasteiger partial charge >= 0.3 is 0 Å². The van der Waals surface area contributed by atoms with Gasteiger partial charge in [-0.2, -0.15) is 0 Å². The molecule has 4 heteroatoms. The molecule has 0 bridgehead atoms. The van der Waals surface area contributed by atoms with Crippen molar-refractivity contribution in [3.05, 3.63) is 65.7 Å². The molecule has 3 N–H and O–H groups in total. The molecule has 0 aliphatic heterocycles. The van der Waals surface area contributed by atoms with E-state index in [-0.39, 0.29) is 0 Å². The van der Waals surface area contributed by atoms with E-state index < -0.39 is 6.10 Å². The SMILES string of the molecule is Cc1ccccc1NC(=S)NC[C@@H](O)c1ccccc1. The first-order valence-electron chi connectivity index (χ1n) is 6.50. The zero-order valence-electron chi connectivity index (χ0n) is 11.3. The third kappa shape index (κ3) is 4.05. The highest BCUT2D eigenvalue weighted by atomic mass is 32.1. The van der Waals surface area contributed by atoms with E-state index in [1.54, 1.807) is 0 Å². The fraction of sp³-hybridized carbons (Fsp3) is 0.188. The van der Waals surface area contributed by atoms with E-state index in [1.165, 1.54) is 0 Å². The molecular weight excluding hydrogens is 268 g/mol. The van der Waals surface area contributed by atoms with Crippen LogP contribution >= 0.6 is 12.2 Å². The summed E-state index contributed by atoms with van der Waals surface area (Å²) in [6, 6.07) is 17.4. The zero-order valence-corrected chi connectivity index (χ0v) is 12.2. The van der Waals surface area contributed by atoms with Crippen LogP contribution in [0.4, 0.5) is 5.69 Å². The maximum Gasteiger partial charge on any atom is 0.170 e. The molecule has 0 fully saturated rings. The Balaban J connectivity index is 1.85. The molecule has 0 saturated heterocycles. The number of aliphatic hydroxyl groups excluding tert-OH is 1. The van der Waals surface area contributed by atoms with Gasteiger partial charge in [-0.25, -0.2) is 0 Å². The number of para-hydroxylation sites is 1. The van der Waals surface area contributed by atoms with Gasteiger partial charge in [0.1, 0.15) is 0 Å². The molecule has 2 aromatic rings. The van der Waals surface area contributed by atoms with Crippen molar-refractivity contribution in [3.8, 4) is 0 Å². The number of rotatable bonds is 4. The Labute approximate surface area is 124 Å². The van der Waals surface area contributed by atoms with Crippen LogP contribution in [0, 0.1) is 6.92 Å². The largest absolute Gasteiger partial charge is 0.387 e. The van der Waals surface area contributed by atoms with Crippen molar-refractivity contribution in [2.75, 3.05) is 11.9 Å². The standard InChI is InChI=1S/C16H18N2OS/c1-12-7-5-6-10-14(12)18-16(20)17-11-15(19)13-8-3-2-4-9-13/h2-10,15,19H,11H2,1H3,(H2,17,18,20)/t15-/m1/s1. The average molecular weight is 286 g/mol. The summed E-state index contributed by atoms with van der Waals surface area (Å²) in [6.45, 7) is 2.39. The highest BCUT2D eigenvalue weighted by molar-refractivity contribution is 7.80. The van der Waals surface area contributed by atoms with E-state index in [1.807, 2.05) is 61.5 Å². The fourth-order valence-corrected chi connectivity index (χ4v) is 2.06. The lowest BCUT2D eigenvalue weighted by Gasteiger charge is -2.15. The average Bonchev–Trinajstić information content (AvgIpc) is 2.48. The van der Waals surface area contributed by atoms with Crippen LogP contribution < -0.4 is 10.6 Å². The van der Waals surface area contributed by atoms with Gasteiger partial charge in [0.2, 0.25) is 0 Å². The number of aliphatic hydroxyl groups is 1. The summed E-state index contributed by atoms with van der Waals surface area (Å²) in [5.41, 5.74) is 2.97. The predicted octanol–water partition coefficient (Wildman–Crippen LogP) is 3.02. The van der Waals surface area contributed by atoms with Crippen molar-refractivity contribution in [1.29, 1.82) is 0 Å². The Kier molecular flexibility index (Phi) is 5.09. The number of anilines is 1. The van der Waals surface area contributed by atoms with Crippen LogP contribution in [0.15, 0.2) is 54.6 Å². The van der Waals surface area contributed by atoms with Gasteiger partial charge in [0.25, 0.3) is 0 Å². The van der Waals surface area contributed by atoms with E-state index in [9.17, 15) is 5.11 Å². The fourth-order valence-electron chi connectivity index (χ4n) is 1.86. The molecule has 0 unspecified atom stereocenters. The van der Waals surface area contributed by atoms with Crippen LogP contribution in [0.5, 0.6) is 0 Å². The summed E-state index contributed by atoms with van der Waals surface area (Å²) in [6.07, 6.45) is -0.576. The van der Waals surface area contributed by atoms with E-state index in [0.717, 1.165) is 16.8 Å². The van der Waals surface area contributed by atoms with Gasteiger partial charge in [-0.15, -0.1) is 0 Å². The highest BCUT2D eigenvalue weighted by Gasteiger charge is 2.07. The third-order valence-corrected chi connectivity index (χ3v) is 3.28. The van der Waals surface area contributed by atoms with Gasteiger partial charge in [-0.3, -0.25) is 0 Å². The molecule has 104 valence electrons. The quantitative estimate of drug-likeness (QED) is 0.756. The molecule has 2 rings (SSSR count). The number of benzene rings is 2. The van der Waals surface area contributed by atoms with Crippen LogP contribution in [0.1, 0.15) is 17.2 Å². The van der Waals surface area contributed by atoms with Gasteiger partial charge in [-0.05, 0) is 36.3 Å². The zero-order chi connectivity index (χ0) is 14.4. The Morgan fingerprint density at radius 2 is 1.75 bits per heavy atom. The molecule has 0 aliphatic carbocycles. The summed E-state index contributed by atoms with van der Waals surface area (Å²) in [5.74, 6) is 0. The van der Waals surface area contributed by atoms with Crippen molar-refractivity contribution in [2.24, 2.45) is 0 Å². The molecular formula is C16H18N2OS. The first kappa shape index (κ1) is 14.5. The summed E-state index contributed by atoms with van der Waals surface area (Å²) in [7, 11) is 0. The molecule has 0 radical (unpaired) electrons. The number of aryl methyl sites for hydroxylation is 1. The number of hydrogen-bond acceptors (Lipinski definition) is 2. The minimum atomic E-state index is -0.576. The van der Waals surface area contributed by atoms with Crippen molar-refractivity contribution in [1.82, 2.24) is 5.32 Å². The Bertz CT molecular complexity index is 572. The van der Waals surface area contributed by atoms with Crippen LogP contribution in [-0.2, 0) is 0 Å². The molecule has 0 aromatic heterocycles. The summed E-state index contributed by atoms with van der Waals surface area (Å²) >= 11 is 5.23. The summed E-state index contributed by atoms with van der Waals surface area (Å²) in [4.78, 5) is 0. The minimum absolute atomic E-state index is 0.377. The van der Waals surface area contributed by atoms with E-state index in [0.29, 0.717) is 11.7 Å². The third-order valence-electron chi connectivity index (χ3n) is 3.03. The molecule has 2 aromatic carbocycles. The Hall–Kier alpha value is -1.91. The molecule has 1 atom stereocenters. The lowest BCUT2D eigenvalue weighted by atomic mass is 10.1. The normalized spacial score (nSPS) is 11.7. The van der Waals surface area contributed by atoms with E-state index >= 15 is 0 Å². The number of nitrogens with one attached hydrogen (secondary N) is 2. The van der Waals surface area contributed by atoms with Gasteiger partial charge in [0.15, 0.2) is 5.11 Å². The van der Waals surface area contributed by atoms with Gasteiger partial charge < -0.3 is 15.7 Å². The second kappa shape index (κ2) is 7.03. The smallest absolute Gasteiger partial charge is 0.170 e. The summed E-state index contributed by atoms with van der Waals surface area (Å²) in [5, 5.41) is 16.7. The second-order valence-corrected chi connectivity index (χ2v) is 4.98. The van der Waals surface area contributed by atoms with Crippen LogP contribution in [0.25, 0.3) is 0 Å². The highest BCUT2D eigenvalue weighted by Crippen LogP contribution is 2.13. The number of hydrogen-bond donors (Lipinski definition) is 3. The Morgan fingerprint density at radius 1 is 1.10 bits per heavy atom. The molecule has 0 spiro atoms. The molecule has 0 heterocycles. The molecule has 0 saturated carbocycles. The maximum atomic E-state index is 10.0. The van der Waals surface area contributed by atoms with Crippen molar-refractivity contribution >= 4 is 23.0 Å². The molecule has 3 nitrogen and oxygen atoms in total. The van der Waals surface area contributed by atoms with Crippen LogP contribution in [-0.4, -0.2) is 16.8 Å². The summed E-state index contributed by atoms with van der Waals surface area (Å²) < 4.78 is 0. The Morgan fingerprint density at radius 3 is 2.45 bits per heavy atom. The first-order valence-corrected chi connectivity index (χ1v) is 6.91. The van der Waals surface area contributed by atoms with Gasteiger partial charge in [0.05, 0.1) is 6.10 Å². The predicted molar refractivity (Wildman–Crippen MR) is 86.8 cm³/mol.